The van der Waals surface area contributed by atoms with Gasteiger partial charge in [-0.05, 0) is 23.8 Å². The van der Waals surface area contributed by atoms with E-state index in [-0.39, 0.29) is 19.0 Å². The summed E-state index contributed by atoms with van der Waals surface area (Å²) < 4.78 is 0.735. The molecule has 0 spiro atoms. The summed E-state index contributed by atoms with van der Waals surface area (Å²) in [5.41, 5.74) is 6.49. The van der Waals surface area contributed by atoms with E-state index < -0.39 is 5.91 Å². The third-order valence-corrected chi connectivity index (χ3v) is 3.83. The highest BCUT2D eigenvalue weighted by molar-refractivity contribution is 9.10. The first-order chi connectivity index (χ1) is 10.5. The van der Waals surface area contributed by atoms with Crippen LogP contribution in [0, 0.1) is 0 Å². The van der Waals surface area contributed by atoms with Gasteiger partial charge < -0.3 is 10.6 Å². The Bertz CT molecular complexity index is 692. The van der Waals surface area contributed by atoms with Gasteiger partial charge >= 0.3 is 0 Å². The topological polar surface area (TPSA) is 63.4 Å². The summed E-state index contributed by atoms with van der Waals surface area (Å²) in [6.45, 7) is 0.113. The lowest BCUT2D eigenvalue weighted by Crippen LogP contribution is -2.38. The molecule has 4 nitrogen and oxygen atoms in total. The molecule has 6 heteroatoms. The van der Waals surface area contributed by atoms with Gasteiger partial charge in [0.05, 0.1) is 17.1 Å². The fourth-order valence-corrected chi connectivity index (χ4v) is 2.58. The highest BCUT2D eigenvalue weighted by atomic mass is 79.9. The Morgan fingerprint density at radius 1 is 1.14 bits per heavy atom. The number of hydrogen-bond acceptors (Lipinski definition) is 2. The van der Waals surface area contributed by atoms with E-state index in [1.807, 2.05) is 30.3 Å². The highest BCUT2D eigenvalue weighted by Gasteiger charge is 2.20. The molecule has 0 atom stereocenters. The van der Waals surface area contributed by atoms with Crippen molar-refractivity contribution in [3.63, 3.8) is 0 Å². The number of carbonyl (C=O) groups excluding carboxylic acids is 2. The minimum atomic E-state index is -0.574. The molecular weight excluding hydrogens is 368 g/mol. The van der Waals surface area contributed by atoms with Crippen LogP contribution in [0.4, 0.5) is 0 Å². The average Bonchev–Trinajstić information content (AvgIpc) is 2.49. The number of primary amides is 1. The van der Waals surface area contributed by atoms with E-state index in [2.05, 4.69) is 15.9 Å². The summed E-state index contributed by atoms with van der Waals surface area (Å²) in [6.07, 6.45) is 0. The molecule has 0 bridgehead atoms. The lowest BCUT2D eigenvalue weighted by molar-refractivity contribution is -0.118. The summed E-state index contributed by atoms with van der Waals surface area (Å²) >= 11 is 9.40. The smallest absolute Gasteiger partial charge is 0.256 e. The van der Waals surface area contributed by atoms with E-state index in [4.69, 9.17) is 17.3 Å². The number of nitrogens with zero attached hydrogens (tertiary/aromatic N) is 1. The molecule has 0 heterocycles. The summed E-state index contributed by atoms with van der Waals surface area (Å²) in [7, 11) is 0. The summed E-state index contributed by atoms with van der Waals surface area (Å²) in [5, 5.41) is 0.329. The fraction of sp³-hybridized carbons (Fsp3) is 0.125. The van der Waals surface area contributed by atoms with Crippen molar-refractivity contribution in [3.05, 3.63) is 69.2 Å². The number of rotatable bonds is 5. The molecule has 0 aliphatic rings. The van der Waals surface area contributed by atoms with Crippen LogP contribution in [0.15, 0.2) is 53.0 Å². The van der Waals surface area contributed by atoms with Crippen molar-refractivity contribution in [2.75, 3.05) is 6.54 Å². The van der Waals surface area contributed by atoms with Crippen LogP contribution < -0.4 is 5.73 Å². The number of benzene rings is 2. The van der Waals surface area contributed by atoms with Crippen LogP contribution in [0.2, 0.25) is 5.02 Å². The molecule has 2 rings (SSSR count). The Morgan fingerprint density at radius 3 is 2.45 bits per heavy atom. The van der Waals surface area contributed by atoms with Crippen LogP contribution in [0.25, 0.3) is 0 Å². The summed E-state index contributed by atoms with van der Waals surface area (Å²) in [5.74, 6) is -0.913. The summed E-state index contributed by atoms with van der Waals surface area (Å²) in [4.78, 5) is 25.3. The third-order valence-electron chi connectivity index (χ3n) is 3.01. The second kappa shape index (κ2) is 7.42. The van der Waals surface area contributed by atoms with Gasteiger partial charge in [-0.15, -0.1) is 0 Å². The van der Waals surface area contributed by atoms with Crippen molar-refractivity contribution in [3.8, 4) is 0 Å². The number of carbonyl (C=O) groups is 2. The van der Waals surface area contributed by atoms with Crippen LogP contribution in [0.3, 0.4) is 0 Å². The molecule has 0 saturated heterocycles. The van der Waals surface area contributed by atoms with Gasteiger partial charge in [0, 0.05) is 11.0 Å². The molecule has 114 valence electrons. The monoisotopic (exact) mass is 380 g/mol. The molecule has 0 saturated carbocycles. The molecule has 0 aliphatic heterocycles. The van der Waals surface area contributed by atoms with Gasteiger partial charge in [0.25, 0.3) is 5.91 Å². The van der Waals surface area contributed by atoms with Crippen LogP contribution in [0.5, 0.6) is 0 Å². The first-order valence-corrected chi connectivity index (χ1v) is 7.71. The molecule has 0 aliphatic carbocycles. The molecular formula is C16H14BrClN2O2. The fourth-order valence-electron chi connectivity index (χ4n) is 2.02. The SMILES string of the molecule is NC(=O)CN(Cc1ccccc1)C(=O)c1cc(Br)ccc1Cl. The zero-order valence-corrected chi connectivity index (χ0v) is 14.0. The molecule has 2 aromatic rings. The number of amides is 2. The van der Waals surface area contributed by atoms with Crippen molar-refractivity contribution in [1.29, 1.82) is 0 Å². The van der Waals surface area contributed by atoms with Crippen molar-refractivity contribution in [2.45, 2.75) is 6.54 Å². The molecule has 0 unspecified atom stereocenters. The van der Waals surface area contributed by atoms with Gasteiger partial charge in [-0.2, -0.15) is 0 Å². The molecule has 0 aromatic heterocycles. The molecule has 2 aromatic carbocycles. The van der Waals surface area contributed by atoms with Crippen molar-refractivity contribution in [2.24, 2.45) is 5.73 Å². The van der Waals surface area contributed by atoms with Crippen LogP contribution >= 0.6 is 27.5 Å². The highest BCUT2D eigenvalue weighted by Crippen LogP contribution is 2.23. The van der Waals surface area contributed by atoms with Crippen molar-refractivity contribution >= 4 is 39.3 Å². The van der Waals surface area contributed by atoms with Gasteiger partial charge in [-0.25, -0.2) is 0 Å². The van der Waals surface area contributed by atoms with Crippen molar-refractivity contribution in [1.82, 2.24) is 4.90 Å². The lowest BCUT2D eigenvalue weighted by Gasteiger charge is -2.22. The Balaban J connectivity index is 2.30. The first kappa shape index (κ1) is 16.5. The van der Waals surface area contributed by atoms with E-state index in [9.17, 15) is 9.59 Å². The second-order valence-corrected chi connectivity index (χ2v) is 6.06. The van der Waals surface area contributed by atoms with Gasteiger partial charge in [0.1, 0.15) is 0 Å². The second-order valence-electron chi connectivity index (χ2n) is 4.74. The van der Waals surface area contributed by atoms with E-state index in [1.165, 1.54) is 4.90 Å². The van der Waals surface area contributed by atoms with Crippen LogP contribution in [-0.4, -0.2) is 23.3 Å². The van der Waals surface area contributed by atoms with Crippen molar-refractivity contribution < 1.29 is 9.59 Å². The number of nitrogens with two attached hydrogens (primary N) is 1. The Morgan fingerprint density at radius 2 is 1.82 bits per heavy atom. The van der Waals surface area contributed by atoms with Gasteiger partial charge in [0.15, 0.2) is 0 Å². The third kappa shape index (κ3) is 4.32. The molecule has 2 N–H and O–H groups in total. The van der Waals surface area contributed by atoms with Gasteiger partial charge in [0.2, 0.25) is 5.91 Å². The molecule has 0 fully saturated rings. The molecule has 2 amide bonds. The average molecular weight is 382 g/mol. The Kier molecular flexibility index (Phi) is 5.57. The maximum absolute atomic E-state index is 12.7. The van der Waals surface area contributed by atoms with E-state index in [0.717, 1.165) is 10.0 Å². The van der Waals surface area contributed by atoms with Crippen LogP contribution in [0.1, 0.15) is 15.9 Å². The molecule has 0 radical (unpaired) electrons. The minimum Gasteiger partial charge on any atom is -0.368 e. The predicted octanol–water partition coefficient (Wildman–Crippen LogP) is 3.23. The van der Waals surface area contributed by atoms with E-state index in [1.54, 1.807) is 18.2 Å². The minimum absolute atomic E-state index is 0.170. The van der Waals surface area contributed by atoms with E-state index in [0.29, 0.717) is 10.6 Å². The van der Waals surface area contributed by atoms with Crippen LogP contribution in [-0.2, 0) is 11.3 Å². The Labute approximate surface area is 142 Å². The number of hydrogen-bond donors (Lipinski definition) is 1. The molecule has 22 heavy (non-hydrogen) atoms. The normalized spacial score (nSPS) is 10.3. The zero-order valence-electron chi connectivity index (χ0n) is 11.6. The van der Waals surface area contributed by atoms with Gasteiger partial charge in [-0.1, -0.05) is 57.9 Å². The predicted molar refractivity (Wildman–Crippen MR) is 89.5 cm³/mol. The standard InChI is InChI=1S/C16H14BrClN2O2/c17-12-6-7-14(18)13(8-12)16(22)20(10-15(19)21)9-11-4-2-1-3-5-11/h1-8H,9-10H2,(H2,19,21). The largest absolute Gasteiger partial charge is 0.368 e. The maximum Gasteiger partial charge on any atom is 0.256 e. The summed E-state index contributed by atoms with van der Waals surface area (Å²) in [6, 6.07) is 14.4. The quantitative estimate of drug-likeness (QED) is 0.864. The van der Waals surface area contributed by atoms with Gasteiger partial charge in [-0.3, -0.25) is 9.59 Å². The number of halogens is 2. The zero-order chi connectivity index (χ0) is 16.1. The first-order valence-electron chi connectivity index (χ1n) is 6.54. The lowest BCUT2D eigenvalue weighted by atomic mass is 10.1. The maximum atomic E-state index is 12.7. The Hall–Kier alpha value is -1.85. The van der Waals surface area contributed by atoms with E-state index >= 15 is 0 Å².